The summed E-state index contributed by atoms with van der Waals surface area (Å²) in [7, 11) is 1.31. The molecule has 120 valence electrons. The van der Waals surface area contributed by atoms with Crippen LogP contribution in [0, 0.1) is 10.1 Å². The lowest BCUT2D eigenvalue weighted by Crippen LogP contribution is -2.14. The van der Waals surface area contributed by atoms with Crippen LogP contribution in [-0.4, -0.2) is 24.6 Å². The molecule has 0 saturated carbocycles. The van der Waals surface area contributed by atoms with Crippen LogP contribution >= 0.6 is 0 Å². The third kappa shape index (κ3) is 4.58. The van der Waals surface area contributed by atoms with Gasteiger partial charge in [0.1, 0.15) is 6.61 Å². The second-order valence-electron chi connectivity index (χ2n) is 5.09. The molecule has 1 aromatic carbocycles. The number of nitro groups is 1. The van der Waals surface area contributed by atoms with E-state index < -0.39 is 16.8 Å². The summed E-state index contributed by atoms with van der Waals surface area (Å²) < 4.78 is 10.2. The summed E-state index contributed by atoms with van der Waals surface area (Å²) in [5.74, 6) is -0.743. The van der Waals surface area contributed by atoms with Gasteiger partial charge < -0.3 is 9.47 Å². The van der Waals surface area contributed by atoms with Crippen molar-refractivity contribution in [2.24, 2.45) is 0 Å². The average Bonchev–Trinajstić information content (AvgIpc) is 2.49. The van der Waals surface area contributed by atoms with Gasteiger partial charge in [0, 0.05) is 6.07 Å². The van der Waals surface area contributed by atoms with E-state index >= 15 is 0 Å². The Labute approximate surface area is 129 Å². The van der Waals surface area contributed by atoms with Crippen LogP contribution in [0.25, 0.3) is 0 Å². The predicted octanol–water partition coefficient (Wildman–Crippen LogP) is 3.61. The predicted molar refractivity (Wildman–Crippen MR) is 83.1 cm³/mol. The Morgan fingerprint density at radius 2 is 2.14 bits per heavy atom. The van der Waals surface area contributed by atoms with Crippen molar-refractivity contribution in [3.63, 3.8) is 0 Å². The van der Waals surface area contributed by atoms with Crippen LogP contribution in [0.3, 0.4) is 0 Å². The molecule has 1 unspecified atom stereocenters. The van der Waals surface area contributed by atoms with Crippen LogP contribution in [0.15, 0.2) is 30.4 Å². The average molecular weight is 307 g/mol. The van der Waals surface area contributed by atoms with Gasteiger partial charge in [0.25, 0.3) is 0 Å². The Bertz CT molecular complexity index is 568. The summed E-state index contributed by atoms with van der Waals surface area (Å²) in [5.41, 5.74) is 1.16. The Kier molecular flexibility index (Phi) is 6.56. The van der Waals surface area contributed by atoms with Gasteiger partial charge in [0.05, 0.1) is 18.0 Å². The van der Waals surface area contributed by atoms with Crippen molar-refractivity contribution in [2.45, 2.75) is 32.6 Å². The number of rotatable bonds is 8. The molecule has 0 aliphatic carbocycles. The quantitative estimate of drug-likeness (QED) is 0.317. The van der Waals surface area contributed by atoms with E-state index in [9.17, 15) is 14.9 Å². The third-order valence-corrected chi connectivity index (χ3v) is 3.12. The topological polar surface area (TPSA) is 78.7 Å². The van der Waals surface area contributed by atoms with Gasteiger partial charge in [-0.05, 0) is 30.5 Å². The standard InChI is InChI=1S/C16H21NO5/c1-5-6-13(16(18)21-4)12-7-8-15(22-10-11(2)3)14(9-12)17(19)20/h7-9,13H,2,5-6,10H2,1,3-4H3. The van der Waals surface area contributed by atoms with Gasteiger partial charge in [-0.1, -0.05) is 26.0 Å². The molecule has 6 heteroatoms. The molecule has 0 aliphatic rings. The van der Waals surface area contributed by atoms with E-state index in [2.05, 4.69) is 6.58 Å². The third-order valence-electron chi connectivity index (χ3n) is 3.12. The number of benzene rings is 1. The normalized spacial score (nSPS) is 11.6. The van der Waals surface area contributed by atoms with Gasteiger partial charge in [-0.25, -0.2) is 0 Å². The van der Waals surface area contributed by atoms with Crippen molar-refractivity contribution >= 4 is 11.7 Å². The van der Waals surface area contributed by atoms with Gasteiger partial charge in [0.2, 0.25) is 0 Å². The Hall–Kier alpha value is -2.37. The van der Waals surface area contributed by atoms with Crippen LogP contribution in [0.2, 0.25) is 0 Å². The second-order valence-corrected chi connectivity index (χ2v) is 5.09. The van der Waals surface area contributed by atoms with E-state index in [0.717, 1.165) is 12.0 Å². The van der Waals surface area contributed by atoms with E-state index in [1.165, 1.54) is 19.2 Å². The number of ether oxygens (including phenoxy) is 2. The highest BCUT2D eigenvalue weighted by Crippen LogP contribution is 2.33. The number of nitro benzene ring substituents is 1. The second kappa shape index (κ2) is 8.17. The molecule has 0 fully saturated rings. The molecule has 0 saturated heterocycles. The monoisotopic (exact) mass is 307 g/mol. The first-order valence-electron chi connectivity index (χ1n) is 7.04. The number of esters is 1. The SMILES string of the molecule is C=C(C)COc1ccc(C(CCC)C(=O)OC)cc1[N+](=O)[O-]. The largest absolute Gasteiger partial charge is 0.482 e. The minimum Gasteiger partial charge on any atom is -0.482 e. The van der Waals surface area contributed by atoms with E-state index in [1.54, 1.807) is 13.0 Å². The highest BCUT2D eigenvalue weighted by atomic mass is 16.6. The summed E-state index contributed by atoms with van der Waals surface area (Å²) in [5, 5.41) is 11.2. The van der Waals surface area contributed by atoms with Crippen LogP contribution in [0.5, 0.6) is 5.75 Å². The van der Waals surface area contributed by atoms with E-state index in [-0.39, 0.29) is 18.0 Å². The number of methoxy groups -OCH3 is 1. The fourth-order valence-electron chi connectivity index (χ4n) is 2.07. The van der Waals surface area contributed by atoms with E-state index in [0.29, 0.717) is 12.0 Å². The maximum Gasteiger partial charge on any atom is 0.313 e. The molecule has 0 radical (unpaired) electrons. The van der Waals surface area contributed by atoms with Gasteiger partial charge in [-0.2, -0.15) is 0 Å². The molecule has 0 aromatic heterocycles. The minimum atomic E-state index is -0.516. The van der Waals surface area contributed by atoms with E-state index in [4.69, 9.17) is 9.47 Å². The molecule has 0 aliphatic heterocycles. The lowest BCUT2D eigenvalue weighted by atomic mass is 9.94. The molecule has 1 aromatic rings. The van der Waals surface area contributed by atoms with Crippen molar-refractivity contribution in [2.75, 3.05) is 13.7 Å². The summed E-state index contributed by atoms with van der Waals surface area (Å²) in [4.78, 5) is 22.6. The van der Waals surface area contributed by atoms with Gasteiger partial charge >= 0.3 is 11.7 Å². The van der Waals surface area contributed by atoms with Crippen molar-refractivity contribution in [3.8, 4) is 5.75 Å². The molecule has 1 atom stereocenters. The number of hydrogen-bond acceptors (Lipinski definition) is 5. The molecular formula is C16H21NO5. The van der Waals surface area contributed by atoms with Gasteiger partial charge in [0.15, 0.2) is 5.75 Å². The van der Waals surface area contributed by atoms with Gasteiger partial charge in [-0.15, -0.1) is 0 Å². The number of carbonyl (C=O) groups excluding carboxylic acids is 1. The fraction of sp³-hybridized carbons (Fsp3) is 0.438. The first-order valence-corrected chi connectivity index (χ1v) is 7.04. The Balaban J connectivity index is 3.17. The summed E-state index contributed by atoms with van der Waals surface area (Å²) in [6, 6.07) is 4.56. The zero-order valence-corrected chi connectivity index (χ0v) is 13.1. The highest BCUT2D eigenvalue weighted by molar-refractivity contribution is 5.78. The minimum absolute atomic E-state index is 0.163. The lowest BCUT2D eigenvalue weighted by molar-refractivity contribution is -0.385. The number of carbonyl (C=O) groups is 1. The van der Waals surface area contributed by atoms with Crippen molar-refractivity contribution in [1.29, 1.82) is 0 Å². The molecule has 0 spiro atoms. The van der Waals surface area contributed by atoms with Crippen LogP contribution < -0.4 is 4.74 Å². The highest BCUT2D eigenvalue weighted by Gasteiger charge is 2.25. The van der Waals surface area contributed by atoms with Crippen LogP contribution in [0.1, 0.15) is 38.2 Å². The Morgan fingerprint density at radius 3 is 2.64 bits per heavy atom. The summed E-state index contributed by atoms with van der Waals surface area (Å²) >= 11 is 0. The molecule has 6 nitrogen and oxygen atoms in total. The smallest absolute Gasteiger partial charge is 0.313 e. The van der Waals surface area contributed by atoms with Crippen molar-refractivity contribution in [1.82, 2.24) is 0 Å². The maximum atomic E-state index is 11.8. The van der Waals surface area contributed by atoms with E-state index in [1.807, 2.05) is 6.92 Å². The summed E-state index contributed by atoms with van der Waals surface area (Å²) in [6.07, 6.45) is 1.33. The fourth-order valence-corrected chi connectivity index (χ4v) is 2.07. The lowest BCUT2D eigenvalue weighted by Gasteiger charge is -2.15. The number of nitrogens with zero attached hydrogens (tertiary/aromatic N) is 1. The summed E-state index contributed by atoms with van der Waals surface area (Å²) in [6.45, 7) is 7.61. The van der Waals surface area contributed by atoms with Crippen LogP contribution in [0.4, 0.5) is 5.69 Å². The molecule has 0 heterocycles. The molecule has 22 heavy (non-hydrogen) atoms. The molecule has 1 rings (SSSR count). The number of hydrogen-bond donors (Lipinski definition) is 0. The molecular weight excluding hydrogens is 286 g/mol. The first kappa shape index (κ1) is 17.7. The van der Waals surface area contributed by atoms with Crippen molar-refractivity contribution in [3.05, 3.63) is 46.0 Å². The van der Waals surface area contributed by atoms with Gasteiger partial charge in [-0.3, -0.25) is 14.9 Å². The first-order chi connectivity index (χ1) is 10.4. The van der Waals surface area contributed by atoms with Crippen LogP contribution in [-0.2, 0) is 9.53 Å². The molecule has 0 bridgehead atoms. The maximum absolute atomic E-state index is 11.8. The van der Waals surface area contributed by atoms with Crippen molar-refractivity contribution < 1.29 is 19.2 Å². The molecule has 0 amide bonds. The Morgan fingerprint density at radius 1 is 1.45 bits per heavy atom. The zero-order chi connectivity index (χ0) is 16.7. The zero-order valence-electron chi connectivity index (χ0n) is 13.1. The molecule has 0 N–H and O–H groups in total.